The molecule has 2 aliphatic heterocycles. The SMILES string of the molecule is CN1CCc2ccc(/C=C/C(=O)Nc3ccccc3)cc2C1.O=C(/C=C/c1ccc2c(c1)CNCC2)Nc1ccccc1. The normalized spacial score (nSPS) is 14.3. The fraction of sp³-hybridized carbons (Fsp3) is 0.189. The van der Waals surface area contributed by atoms with E-state index in [1.165, 1.54) is 22.3 Å². The Morgan fingerprint density at radius 1 is 0.674 bits per heavy atom. The van der Waals surface area contributed by atoms with Crippen LogP contribution < -0.4 is 16.0 Å². The lowest BCUT2D eigenvalue weighted by atomic mass is 9.97. The number of likely N-dealkylation sites (N-methyl/N-ethyl adjacent to an activating group) is 1. The molecule has 0 radical (unpaired) electrons. The summed E-state index contributed by atoms with van der Waals surface area (Å²) in [5.41, 5.74) is 9.25. The first-order chi connectivity index (χ1) is 21.0. The van der Waals surface area contributed by atoms with Gasteiger partial charge in [0.15, 0.2) is 0 Å². The molecule has 0 saturated heterocycles. The third-order valence-corrected chi connectivity index (χ3v) is 7.49. The monoisotopic (exact) mass is 570 g/mol. The van der Waals surface area contributed by atoms with Gasteiger partial charge in [0.2, 0.25) is 11.8 Å². The largest absolute Gasteiger partial charge is 0.323 e. The van der Waals surface area contributed by atoms with Crippen LogP contribution in [0.25, 0.3) is 12.2 Å². The number of para-hydroxylation sites is 2. The quantitative estimate of drug-likeness (QED) is 0.238. The van der Waals surface area contributed by atoms with Gasteiger partial charge >= 0.3 is 0 Å². The smallest absolute Gasteiger partial charge is 0.248 e. The van der Waals surface area contributed by atoms with E-state index in [1.807, 2.05) is 72.8 Å². The van der Waals surface area contributed by atoms with Crippen molar-refractivity contribution in [3.63, 3.8) is 0 Å². The van der Waals surface area contributed by atoms with Crippen LogP contribution in [0.5, 0.6) is 0 Å². The van der Waals surface area contributed by atoms with Crippen molar-refractivity contribution in [1.29, 1.82) is 0 Å². The molecule has 6 heteroatoms. The lowest BCUT2D eigenvalue weighted by molar-refractivity contribution is -0.112. The number of nitrogens with one attached hydrogen (secondary N) is 3. The van der Waals surface area contributed by atoms with Crippen molar-refractivity contribution in [2.24, 2.45) is 0 Å². The minimum absolute atomic E-state index is 0.110. The van der Waals surface area contributed by atoms with E-state index in [2.05, 4.69) is 64.3 Å². The van der Waals surface area contributed by atoms with Crippen LogP contribution >= 0.6 is 0 Å². The average Bonchev–Trinajstić information content (AvgIpc) is 3.04. The predicted octanol–water partition coefficient (Wildman–Crippen LogP) is 6.31. The van der Waals surface area contributed by atoms with Gasteiger partial charge in [-0.1, -0.05) is 72.8 Å². The molecule has 0 aromatic heterocycles. The summed E-state index contributed by atoms with van der Waals surface area (Å²) in [6.07, 6.45) is 9.06. The van der Waals surface area contributed by atoms with E-state index in [4.69, 9.17) is 0 Å². The molecule has 4 aromatic carbocycles. The summed E-state index contributed by atoms with van der Waals surface area (Å²) < 4.78 is 0. The van der Waals surface area contributed by atoms with Gasteiger partial charge in [0.25, 0.3) is 0 Å². The van der Waals surface area contributed by atoms with Crippen LogP contribution in [0.4, 0.5) is 11.4 Å². The van der Waals surface area contributed by atoms with E-state index in [0.29, 0.717) is 0 Å². The van der Waals surface area contributed by atoms with Crippen molar-refractivity contribution in [3.8, 4) is 0 Å². The van der Waals surface area contributed by atoms with E-state index in [9.17, 15) is 9.59 Å². The van der Waals surface area contributed by atoms with Crippen LogP contribution in [0.15, 0.2) is 109 Å². The second kappa shape index (κ2) is 14.9. The molecule has 43 heavy (non-hydrogen) atoms. The number of amides is 2. The molecule has 4 aromatic rings. The van der Waals surface area contributed by atoms with E-state index >= 15 is 0 Å². The Labute approximate surface area is 254 Å². The molecule has 0 spiro atoms. The molecule has 2 heterocycles. The van der Waals surface area contributed by atoms with Gasteiger partial charge < -0.3 is 20.9 Å². The third kappa shape index (κ3) is 9.10. The Kier molecular flexibility index (Phi) is 10.3. The molecular formula is C37H38N4O2. The molecule has 0 aliphatic carbocycles. The van der Waals surface area contributed by atoms with Crippen LogP contribution in [0, 0.1) is 0 Å². The predicted molar refractivity (Wildman–Crippen MR) is 177 cm³/mol. The molecule has 0 saturated carbocycles. The summed E-state index contributed by atoms with van der Waals surface area (Å²) in [6, 6.07) is 31.8. The summed E-state index contributed by atoms with van der Waals surface area (Å²) >= 11 is 0. The molecule has 6 rings (SSSR count). The summed E-state index contributed by atoms with van der Waals surface area (Å²) in [6.45, 7) is 4.05. The topological polar surface area (TPSA) is 73.5 Å². The van der Waals surface area contributed by atoms with E-state index in [0.717, 1.165) is 61.5 Å². The highest BCUT2D eigenvalue weighted by atomic mass is 16.2. The molecular weight excluding hydrogens is 532 g/mol. The molecule has 0 atom stereocenters. The fourth-order valence-corrected chi connectivity index (χ4v) is 5.18. The Morgan fingerprint density at radius 2 is 1.21 bits per heavy atom. The second-order valence-electron chi connectivity index (χ2n) is 10.8. The second-order valence-corrected chi connectivity index (χ2v) is 10.8. The number of carbonyl (C=O) groups is 2. The van der Waals surface area contributed by atoms with Crippen LogP contribution in [0.2, 0.25) is 0 Å². The standard InChI is InChI=1S/C19H20N2O.C18H18N2O/c1-21-12-11-16-9-7-15(13-17(16)14-21)8-10-19(22)20-18-5-3-2-4-6-18;21-18(20-17-4-2-1-3-5-17)9-7-14-6-8-15-10-11-19-13-16(15)12-14/h2-10,13H,11-12,14H2,1H3,(H,20,22);1-9,12,19H,10-11,13H2,(H,20,21)/b10-8+;9-7+. The van der Waals surface area contributed by atoms with Gasteiger partial charge in [0, 0.05) is 43.2 Å². The zero-order valence-corrected chi connectivity index (χ0v) is 24.6. The van der Waals surface area contributed by atoms with Gasteiger partial charge in [0.05, 0.1) is 0 Å². The first-order valence-corrected chi connectivity index (χ1v) is 14.7. The van der Waals surface area contributed by atoms with Crippen LogP contribution in [0.3, 0.4) is 0 Å². The molecule has 3 N–H and O–H groups in total. The Morgan fingerprint density at radius 3 is 1.79 bits per heavy atom. The van der Waals surface area contributed by atoms with E-state index in [1.54, 1.807) is 12.2 Å². The molecule has 2 amide bonds. The summed E-state index contributed by atoms with van der Waals surface area (Å²) in [4.78, 5) is 26.1. The van der Waals surface area contributed by atoms with Crippen molar-refractivity contribution in [2.45, 2.75) is 25.9 Å². The van der Waals surface area contributed by atoms with Gasteiger partial charge in [-0.25, -0.2) is 0 Å². The fourth-order valence-electron chi connectivity index (χ4n) is 5.18. The highest BCUT2D eigenvalue weighted by Crippen LogP contribution is 2.20. The minimum atomic E-state index is -0.114. The maximum absolute atomic E-state index is 11.9. The van der Waals surface area contributed by atoms with E-state index < -0.39 is 0 Å². The molecule has 0 bridgehead atoms. The zero-order valence-electron chi connectivity index (χ0n) is 24.6. The molecule has 218 valence electrons. The number of benzene rings is 4. The Balaban J connectivity index is 0.000000171. The number of carbonyl (C=O) groups excluding carboxylic acids is 2. The molecule has 0 fully saturated rings. The molecule has 2 aliphatic rings. The zero-order chi connectivity index (χ0) is 29.9. The van der Waals surface area contributed by atoms with Gasteiger partial charge in [-0.2, -0.15) is 0 Å². The van der Waals surface area contributed by atoms with Crippen molar-refractivity contribution in [2.75, 3.05) is 30.8 Å². The Bertz CT molecular complexity index is 1600. The maximum atomic E-state index is 11.9. The first kappa shape index (κ1) is 29.7. The number of hydrogen-bond donors (Lipinski definition) is 3. The molecule has 0 unspecified atom stereocenters. The van der Waals surface area contributed by atoms with Gasteiger partial charge in [-0.15, -0.1) is 0 Å². The average molecular weight is 571 g/mol. The molecule has 6 nitrogen and oxygen atoms in total. The first-order valence-electron chi connectivity index (χ1n) is 14.7. The summed E-state index contributed by atoms with van der Waals surface area (Å²) in [5.74, 6) is -0.224. The number of hydrogen-bond acceptors (Lipinski definition) is 4. The maximum Gasteiger partial charge on any atom is 0.248 e. The van der Waals surface area contributed by atoms with Crippen molar-refractivity contribution >= 4 is 35.3 Å². The number of anilines is 2. The number of fused-ring (bicyclic) bond motifs is 2. The van der Waals surface area contributed by atoms with Gasteiger partial charge in [0.1, 0.15) is 0 Å². The van der Waals surface area contributed by atoms with Crippen molar-refractivity contribution < 1.29 is 9.59 Å². The highest BCUT2D eigenvalue weighted by molar-refractivity contribution is 6.02. The van der Waals surface area contributed by atoms with Gasteiger partial charge in [-0.05, 0) is 96.2 Å². The highest BCUT2D eigenvalue weighted by Gasteiger charge is 2.12. The lowest BCUT2D eigenvalue weighted by Gasteiger charge is -2.25. The van der Waals surface area contributed by atoms with E-state index in [-0.39, 0.29) is 11.8 Å². The van der Waals surface area contributed by atoms with Crippen molar-refractivity contribution in [3.05, 3.63) is 143 Å². The summed E-state index contributed by atoms with van der Waals surface area (Å²) in [7, 11) is 2.14. The van der Waals surface area contributed by atoms with Gasteiger partial charge in [-0.3, -0.25) is 9.59 Å². The lowest BCUT2D eigenvalue weighted by Crippen LogP contribution is -2.26. The van der Waals surface area contributed by atoms with Crippen molar-refractivity contribution in [1.82, 2.24) is 10.2 Å². The van der Waals surface area contributed by atoms with Crippen LogP contribution in [-0.2, 0) is 35.5 Å². The van der Waals surface area contributed by atoms with Crippen LogP contribution in [-0.4, -0.2) is 36.9 Å². The Hall–Kier alpha value is -4.78. The van der Waals surface area contributed by atoms with Crippen LogP contribution in [0.1, 0.15) is 33.4 Å². The minimum Gasteiger partial charge on any atom is -0.323 e. The number of nitrogens with zero attached hydrogens (tertiary/aromatic N) is 1. The third-order valence-electron chi connectivity index (χ3n) is 7.49. The summed E-state index contributed by atoms with van der Waals surface area (Å²) in [5, 5.41) is 9.05. The number of rotatable bonds is 6.